The molecule has 0 saturated carbocycles. The van der Waals surface area contributed by atoms with Crippen LogP contribution in [0.2, 0.25) is 0 Å². The van der Waals surface area contributed by atoms with Crippen molar-refractivity contribution in [3.63, 3.8) is 0 Å². The lowest BCUT2D eigenvalue weighted by Crippen LogP contribution is -2.17. The molecule has 0 heterocycles. The first kappa shape index (κ1) is 24.2. The highest BCUT2D eigenvalue weighted by Crippen LogP contribution is 2.23. The van der Waals surface area contributed by atoms with Crippen LogP contribution in [0.5, 0.6) is 0 Å². The van der Waals surface area contributed by atoms with E-state index in [2.05, 4.69) is 67.1 Å². The van der Waals surface area contributed by atoms with Crippen LogP contribution in [-0.4, -0.2) is 11.9 Å². The van der Waals surface area contributed by atoms with Crippen LogP contribution < -0.4 is 10.5 Å². The molecule has 1 atom stereocenters. The molecule has 4 heteroatoms. The van der Waals surface area contributed by atoms with Crippen LogP contribution in [0.15, 0.2) is 59.5 Å². The number of hydrogen-bond donors (Lipinski definition) is 2. The molecule has 0 bridgehead atoms. The van der Waals surface area contributed by atoms with Crippen molar-refractivity contribution in [2.75, 3.05) is 0 Å². The molecule has 0 fully saturated rings. The topological polar surface area (TPSA) is 55.1 Å². The smallest absolute Gasteiger partial charge is 0.217 e. The fourth-order valence-corrected chi connectivity index (χ4v) is 2.62. The van der Waals surface area contributed by atoms with Crippen molar-refractivity contribution in [2.24, 2.45) is 5.73 Å². The minimum atomic E-state index is -0.211. The van der Waals surface area contributed by atoms with Crippen LogP contribution in [-0.2, 0) is 4.79 Å². The van der Waals surface area contributed by atoms with Crippen molar-refractivity contribution < 1.29 is 4.79 Å². The van der Waals surface area contributed by atoms with E-state index < -0.39 is 0 Å². The average molecular weight is 375 g/mol. The Hall–Kier alpha value is -1.78. The van der Waals surface area contributed by atoms with Gasteiger partial charge in [0.15, 0.2) is 0 Å². The molecule has 1 unspecified atom stereocenters. The van der Waals surface area contributed by atoms with Crippen molar-refractivity contribution in [3.8, 4) is 11.1 Å². The quantitative estimate of drug-likeness (QED) is 0.580. The maximum atomic E-state index is 9.82. The summed E-state index contributed by atoms with van der Waals surface area (Å²) in [6, 6.07) is 19.7. The third kappa shape index (κ3) is 11.0. The van der Waals surface area contributed by atoms with Gasteiger partial charge in [-0.2, -0.15) is 0 Å². The lowest BCUT2D eigenvalue weighted by Gasteiger charge is -2.10. The fraction of sp³-hybridized carbons (Fsp3) is 0.409. The van der Waals surface area contributed by atoms with Crippen LogP contribution in [0.25, 0.3) is 11.1 Å². The van der Waals surface area contributed by atoms with Crippen molar-refractivity contribution in [2.45, 2.75) is 64.8 Å². The van der Waals surface area contributed by atoms with Crippen LogP contribution in [0.3, 0.4) is 0 Å². The van der Waals surface area contributed by atoms with Crippen LogP contribution >= 0.6 is 11.9 Å². The number of carbonyl (C=O) groups excluding carboxylic acids is 1. The third-order valence-electron chi connectivity index (χ3n) is 3.45. The maximum Gasteiger partial charge on any atom is 0.217 e. The lowest BCUT2D eigenvalue weighted by atomic mass is 10.1. The van der Waals surface area contributed by atoms with E-state index in [0.29, 0.717) is 12.5 Å². The van der Waals surface area contributed by atoms with E-state index in [-0.39, 0.29) is 5.91 Å². The molecule has 0 saturated heterocycles. The zero-order valence-corrected chi connectivity index (χ0v) is 17.6. The van der Waals surface area contributed by atoms with Crippen LogP contribution in [0, 0.1) is 0 Å². The summed E-state index contributed by atoms with van der Waals surface area (Å²) < 4.78 is 3.42. The Bertz CT molecular complexity index is 585. The summed E-state index contributed by atoms with van der Waals surface area (Å²) in [5.74, 6) is -0.211. The monoisotopic (exact) mass is 374 g/mol. The first-order valence-corrected chi connectivity index (χ1v) is 10.2. The zero-order valence-electron chi connectivity index (χ0n) is 16.8. The number of rotatable bonds is 7. The van der Waals surface area contributed by atoms with E-state index in [1.807, 2.05) is 26.8 Å². The summed E-state index contributed by atoms with van der Waals surface area (Å²) >= 11 is 1.71. The molecular weight excluding hydrogens is 340 g/mol. The van der Waals surface area contributed by atoms with Crippen molar-refractivity contribution in [3.05, 3.63) is 54.6 Å². The Labute approximate surface area is 163 Å². The maximum absolute atomic E-state index is 9.82. The molecule has 2 rings (SSSR count). The second kappa shape index (κ2) is 15.5. The van der Waals surface area contributed by atoms with E-state index in [1.54, 1.807) is 11.9 Å². The van der Waals surface area contributed by atoms with Gasteiger partial charge in [0.2, 0.25) is 5.91 Å². The Kier molecular flexibility index (Phi) is 14.4. The molecule has 0 aliphatic heterocycles. The molecule has 0 radical (unpaired) electrons. The molecule has 2 aromatic rings. The molecule has 0 spiro atoms. The first-order chi connectivity index (χ1) is 12.6. The highest BCUT2D eigenvalue weighted by molar-refractivity contribution is 7.97. The van der Waals surface area contributed by atoms with Gasteiger partial charge in [-0.25, -0.2) is 0 Å². The second-order valence-corrected chi connectivity index (χ2v) is 6.55. The zero-order chi connectivity index (χ0) is 19.8. The summed E-state index contributed by atoms with van der Waals surface area (Å²) in [7, 11) is 0. The standard InChI is InChI=1S/C16H19NS.C4H9NO.C2H6/c1-3-13(2)17-18-16-11-9-15(10-12-16)14-7-5-4-6-8-14;1-2-3-4(5)6;1-2/h4-13,17H,3H2,1-2H3;2-3H2,1H3,(H2,5,6);1-2H3. The molecular formula is C22H34N2OS. The van der Waals surface area contributed by atoms with E-state index in [4.69, 9.17) is 5.73 Å². The second-order valence-electron chi connectivity index (χ2n) is 5.64. The molecule has 1 amide bonds. The number of benzene rings is 2. The molecule has 26 heavy (non-hydrogen) atoms. The largest absolute Gasteiger partial charge is 0.370 e. The summed E-state index contributed by atoms with van der Waals surface area (Å²) in [5.41, 5.74) is 7.30. The van der Waals surface area contributed by atoms with Crippen molar-refractivity contribution in [1.82, 2.24) is 4.72 Å². The van der Waals surface area contributed by atoms with Crippen molar-refractivity contribution >= 4 is 17.9 Å². The summed E-state index contributed by atoms with van der Waals surface area (Å²) in [5, 5.41) is 0. The van der Waals surface area contributed by atoms with E-state index in [9.17, 15) is 4.79 Å². The molecule has 3 N–H and O–H groups in total. The SMILES string of the molecule is CC.CCC(C)NSc1ccc(-c2ccccc2)cc1.CCCC(N)=O. The number of nitrogens with one attached hydrogen (secondary N) is 1. The van der Waals surface area contributed by atoms with E-state index in [1.165, 1.54) is 16.0 Å². The van der Waals surface area contributed by atoms with E-state index >= 15 is 0 Å². The molecule has 0 aromatic heterocycles. The molecule has 0 aliphatic carbocycles. The minimum absolute atomic E-state index is 0.211. The van der Waals surface area contributed by atoms with Crippen LogP contribution in [0.1, 0.15) is 53.9 Å². The minimum Gasteiger partial charge on any atom is -0.370 e. The fourth-order valence-electron chi connectivity index (χ4n) is 1.84. The van der Waals surface area contributed by atoms with Crippen LogP contribution in [0.4, 0.5) is 0 Å². The van der Waals surface area contributed by atoms with Gasteiger partial charge in [0.25, 0.3) is 0 Å². The predicted octanol–water partition coefficient (Wildman–Crippen LogP) is 6.05. The van der Waals surface area contributed by atoms with Gasteiger partial charge in [0.1, 0.15) is 0 Å². The molecule has 144 valence electrons. The number of nitrogens with two attached hydrogens (primary N) is 1. The average Bonchev–Trinajstić information content (AvgIpc) is 2.69. The van der Waals surface area contributed by atoms with Gasteiger partial charge in [0.05, 0.1) is 0 Å². The van der Waals surface area contributed by atoms with Gasteiger partial charge in [-0.05, 0) is 55.0 Å². The van der Waals surface area contributed by atoms with E-state index in [0.717, 1.165) is 12.8 Å². The highest BCUT2D eigenvalue weighted by Gasteiger charge is 2.00. The van der Waals surface area contributed by atoms with Gasteiger partial charge in [-0.15, -0.1) is 0 Å². The summed E-state index contributed by atoms with van der Waals surface area (Å²) in [6.45, 7) is 10.3. The first-order valence-electron chi connectivity index (χ1n) is 9.43. The van der Waals surface area contributed by atoms with Gasteiger partial charge in [-0.3, -0.25) is 9.52 Å². The predicted molar refractivity (Wildman–Crippen MR) is 116 cm³/mol. The third-order valence-corrected chi connectivity index (χ3v) is 4.48. The van der Waals surface area contributed by atoms with Crippen molar-refractivity contribution in [1.29, 1.82) is 0 Å². The Morgan fingerprint density at radius 3 is 1.96 bits per heavy atom. The summed E-state index contributed by atoms with van der Waals surface area (Å²) in [6.07, 6.45) is 2.52. The Morgan fingerprint density at radius 2 is 1.54 bits per heavy atom. The normalized spacial score (nSPS) is 10.7. The Morgan fingerprint density at radius 1 is 1.00 bits per heavy atom. The molecule has 2 aromatic carbocycles. The van der Waals surface area contributed by atoms with Gasteiger partial charge >= 0.3 is 0 Å². The number of carbonyl (C=O) groups is 1. The van der Waals surface area contributed by atoms with Gasteiger partial charge in [0, 0.05) is 17.4 Å². The molecule has 3 nitrogen and oxygen atoms in total. The highest BCUT2D eigenvalue weighted by atomic mass is 32.2. The molecule has 0 aliphatic rings. The lowest BCUT2D eigenvalue weighted by molar-refractivity contribution is -0.118. The van der Waals surface area contributed by atoms with Gasteiger partial charge in [-0.1, -0.05) is 70.2 Å². The summed E-state index contributed by atoms with van der Waals surface area (Å²) in [4.78, 5) is 11.1. The Balaban J connectivity index is 0.000000667. The number of amides is 1. The number of hydrogen-bond acceptors (Lipinski definition) is 3. The van der Waals surface area contributed by atoms with Gasteiger partial charge < -0.3 is 5.73 Å². The number of primary amides is 1.